The molecule has 0 aliphatic carbocycles. The maximum Gasteiger partial charge on any atom is 0.191 e. The van der Waals surface area contributed by atoms with E-state index in [9.17, 15) is 4.39 Å². The van der Waals surface area contributed by atoms with Crippen LogP contribution >= 0.6 is 24.0 Å². The summed E-state index contributed by atoms with van der Waals surface area (Å²) in [7, 11) is 3.27. The maximum atomic E-state index is 14.0. The van der Waals surface area contributed by atoms with Gasteiger partial charge in [0.25, 0.3) is 0 Å². The molecule has 33 heavy (non-hydrogen) atoms. The third-order valence-electron chi connectivity index (χ3n) is 5.45. The van der Waals surface area contributed by atoms with E-state index in [0.717, 1.165) is 18.7 Å². The van der Waals surface area contributed by atoms with Crippen LogP contribution < -0.4 is 20.1 Å². The molecule has 2 aromatic rings. The highest BCUT2D eigenvalue weighted by Gasteiger charge is 2.24. The number of hydrogen-bond donors (Lipinski definition) is 2. The van der Waals surface area contributed by atoms with Gasteiger partial charge in [-0.2, -0.15) is 0 Å². The molecule has 0 bridgehead atoms. The smallest absolute Gasteiger partial charge is 0.191 e. The molecule has 1 fully saturated rings. The lowest BCUT2D eigenvalue weighted by Gasteiger charge is -2.35. The first-order valence-electron chi connectivity index (χ1n) is 11.0. The van der Waals surface area contributed by atoms with Crippen molar-refractivity contribution in [1.82, 2.24) is 15.5 Å². The van der Waals surface area contributed by atoms with Crippen molar-refractivity contribution >= 4 is 29.9 Å². The Morgan fingerprint density at radius 1 is 1.09 bits per heavy atom. The van der Waals surface area contributed by atoms with Gasteiger partial charge < -0.3 is 24.8 Å². The second-order valence-electron chi connectivity index (χ2n) is 7.45. The van der Waals surface area contributed by atoms with E-state index >= 15 is 0 Å². The zero-order chi connectivity index (χ0) is 22.8. The molecule has 1 aliphatic rings. The number of guanidine groups is 1. The molecule has 1 aliphatic heterocycles. The molecule has 0 amide bonds. The van der Waals surface area contributed by atoms with Crippen molar-refractivity contribution in [2.75, 3.05) is 53.6 Å². The van der Waals surface area contributed by atoms with Gasteiger partial charge in [-0.1, -0.05) is 24.3 Å². The number of halogens is 2. The van der Waals surface area contributed by atoms with Crippen LogP contribution in [-0.4, -0.2) is 64.5 Å². The first kappa shape index (κ1) is 27.1. The summed E-state index contributed by atoms with van der Waals surface area (Å²) < 4.78 is 30.5. The Labute approximate surface area is 212 Å². The van der Waals surface area contributed by atoms with E-state index in [1.165, 1.54) is 6.07 Å². The van der Waals surface area contributed by atoms with Gasteiger partial charge in [0.2, 0.25) is 0 Å². The van der Waals surface area contributed by atoms with Crippen LogP contribution in [0, 0.1) is 5.82 Å². The van der Waals surface area contributed by atoms with Crippen LogP contribution in [0.5, 0.6) is 11.5 Å². The van der Waals surface area contributed by atoms with Crippen molar-refractivity contribution in [2.24, 2.45) is 4.99 Å². The van der Waals surface area contributed by atoms with Gasteiger partial charge in [-0.05, 0) is 30.7 Å². The molecule has 7 nitrogen and oxygen atoms in total. The molecule has 2 N–H and O–H groups in total. The van der Waals surface area contributed by atoms with E-state index < -0.39 is 0 Å². The fourth-order valence-corrected chi connectivity index (χ4v) is 3.73. The molecule has 9 heteroatoms. The molecule has 1 unspecified atom stereocenters. The molecular weight excluding hydrogens is 538 g/mol. The van der Waals surface area contributed by atoms with Crippen molar-refractivity contribution in [1.29, 1.82) is 0 Å². The number of benzene rings is 2. The van der Waals surface area contributed by atoms with E-state index in [2.05, 4.69) is 26.6 Å². The van der Waals surface area contributed by atoms with Crippen molar-refractivity contribution in [2.45, 2.75) is 19.5 Å². The predicted molar refractivity (Wildman–Crippen MR) is 139 cm³/mol. The SMILES string of the molecule is CCNC(=NCc1ccccc1F)NCC(c1ccc(OC)c(OC)c1)N1CCOCC1.I. The summed E-state index contributed by atoms with van der Waals surface area (Å²) in [5, 5.41) is 6.69. The van der Waals surface area contributed by atoms with Crippen LogP contribution in [0.15, 0.2) is 47.5 Å². The van der Waals surface area contributed by atoms with E-state index in [0.29, 0.717) is 49.3 Å². The summed E-state index contributed by atoms with van der Waals surface area (Å²) in [5.41, 5.74) is 1.68. The summed E-state index contributed by atoms with van der Waals surface area (Å²) in [6, 6.07) is 12.8. The lowest BCUT2D eigenvalue weighted by molar-refractivity contribution is 0.0169. The zero-order valence-corrected chi connectivity index (χ0v) is 21.8. The standard InChI is InChI=1S/C24H33FN4O3.HI/c1-4-26-24(27-16-19-7-5-6-8-20(19)25)28-17-21(29-11-13-32-14-12-29)18-9-10-22(30-2)23(15-18)31-3;/h5-10,15,21H,4,11-14,16-17H2,1-3H3,(H2,26,27,28);1H. The van der Waals surface area contributed by atoms with Gasteiger partial charge in [0, 0.05) is 31.7 Å². The molecule has 1 atom stereocenters. The first-order chi connectivity index (χ1) is 15.7. The molecule has 2 aromatic carbocycles. The van der Waals surface area contributed by atoms with Gasteiger partial charge in [-0.25, -0.2) is 9.38 Å². The number of morpholine rings is 1. The largest absolute Gasteiger partial charge is 0.493 e. The Morgan fingerprint density at radius 3 is 2.48 bits per heavy atom. The minimum absolute atomic E-state index is 0. The molecule has 182 valence electrons. The summed E-state index contributed by atoms with van der Waals surface area (Å²) >= 11 is 0. The Balaban J connectivity index is 0.00000385. The average Bonchev–Trinajstić information content (AvgIpc) is 2.84. The normalized spacial score (nSPS) is 15.3. The second kappa shape index (κ2) is 14.2. The molecule has 0 aromatic heterocycles. The fourth-order valence-electron chi connectivity index (χ4n) is 3.73. The second-order valence-corrected chi connectivity index (χ2v) is 7.45. The van der Waals surface area contributed by atoms with Crippen LogP contribution in [0.4, 0.5) is 4.39 Å². The molecule has 0 spiro atoms. The van der Waals surface area contributed by atoms with Gasteiger partial charge in [-0.3, -0.25) is 4.90 Å². The van der Waals surface area contributed by atoms with Crippen molar-refractivity contribution < 1.29 is 18.6 Å². The summed E-state index contributed by atoms with van der Waals surface area (Å²) in [4.78, 5) is 6.97. The van der Waals surface area contributed by atoms with E-state index in [1.807, 2.05) is 25.1 Å². The fraction of sp³-hybridized carbons (Fsp3) is 0.458. The number of aliphatic imine (C=N–C) groups is 1. The lowest BCUT2D eigenvalue weighted by atomic mass is 10.0. The van der Waals surface area contributed by atoms with Crippen LogP contribution in [0.25, 0.3) is 0 Å². The van der Waals surface area contributed by atoms with Gasteiger partial charge in [0.1, 0.15) is 5.82 Å². The van der Waals surface area contributed by atoms with Crippen molar-refractivity contribution in [3.05, 3.63) is 59.4 Å². The number of rotatable bonds is 9. The maximum absolute atomic E-state index is 14.0. The van der Waals surface area contributed by atoms with Crippen LogP contribution in [-0.2, 0) is 11.3 Å². The Bertz CT molecular complexity index is 894. The Morgan fingerprint density at radius 2 is 1.82 bits per heavy atom. The van der Waals surface area contributed by atoms with E-state index in [-0.39, 0.29) is 42.4 Å². The topological polar surface area (TPSA) is 67.4 Å². The lowest BCUT2D eigenvalue weighted by Crippen LogP contribution is -2.46. The van der Waals surface area contributed by atoms with E-state index in [1.54, 1.807) is 26.4 Å². The van der Waals surface area contributed by atoms with Crippen LogP contribution in [0.1, 0.15) is 24.1 Å². The summed E-state index contributed by atoms with van der Waals surface area (Å²) in [5.74, 6) is 1.80. The Hall–Kier alpha value is -2.11. The zero-order valence-electron chi connectivity index (χ0n) is 19.5. The molecule has 0 radical (unpaired) electrons. The van der Waals surface area contributed by atoms with Crippen molar-refractivity contribution in [3.8, 4) is 11.5 Å². The number of hydrogen-bond acceptors (Lipinski definition) is 5. The van der Waals surface area contributed by atoms with Gasteiger partial charge in [0.15, 0.2) is 17.5 Å². The van der Waals surface area contributed by atoms with Gasteiger partial charge in [0.05, 0.1) is 40.0 Å². The minimum Gasteiger partial charge on any atom is -0.493 e. The predicted octanol–water partition coefficient (Wildman–Crippen LogP) is 3.59. The molecule has 0 saturated carbocycles. The third kappa shape index (κ3) is 7.72. The quantitative estimate of drug-likeness (QED) is 0.272. The highest BCUT2D eigenvalue weighted by atomic mass is 127. The van der Waals surface area contributed by atoms with Crippen LogP contribution in [0.3, 0.4) is 0 Å². The van der Waals surface area contributed by atoms with E-state index in [4.69, 9.17) is 14.2 Å². The monoisotopic (exact) mass is 572 g/mol. The van der Waals surface area contributed by atoms with Crippen LogP contribution in [0.2, 0.25) is 0 Å². The molecular formula is C24H34FIN4O3. The molecule has 3 rings (SSSR count). The minimum atomic E-state index is -0.247. The average molecular weight is 572 g/mol. The first-order valence-corrected chi connectivity index (χ1v) is 11.0. The number of nitrogens with zero attached hydrogens (tertiary/aromatic N) is 2. The van der Waals surface area contributed by atoms with Crippen molar-refractivity contribution in [3.63, 3.8) is 0 Å². The summed E-state index contributed by atoms with van der Waals surface area (Å²) in [6.45, 7) is 6.68. The number of nitrogens with one attached hydrogen (secondary N) is 2. The number of ether oxygens (including phenoxy) is 3. The highest BCUT2D eigenvalue weighted by Crippen LogP contribution is 2.32. The third-order valence-corrected chi connectivity index (χ3v) is 5.45. The Kier molecular flexibility index (Phi) is 11.7. The molecule has 1 saturated heterocycles. The number of methoxy groups -OCH3 is 2. The molecule has 1 heterocycles. The van der Waals surface area contributed by atoms with Gasteiger partial charge in [-0.15, -0.1) is 24.0 Å². The summed E-state index contributed by atoms with van der Waals surface area (Å²) in [6.07, 6.45) is 0. The highest BCUT2D eigenvalue weighted by molar-refractivity contribution is 14.0. The van der Waals surface area contributed by atoms with Gasteiger partial charge >= 0.3 is 0 Å².